The van der Waals surface area contributed by atoms with Crippen LogP contribution in [0.3, 0.4) is 0 Å². The van der Waals surface area contributed by atoms with E-state index in [1.165, 1.54) is 6.42 Å². The van der Waals surface area contributed by atoms with Crippen LogP contribution in [0.15, 0.2) is 0 Å². The zero-order valence-electron chi connectivity index (χ0n) is 12.3. The lowest BCUT2D eigenvalue weighted by molar-refractivity contribution is -0.143. The lowest BCUT2D eigenvalue weighted by Crippen LogP contribution is -2.43. The summed E-state index contributed by atoms with van der Waals surface area (Å²) in [5.74, 6) is -1.12. The molecule has 1 saturated heterocycles. The molecule has 0 spiro atoms. The molecule has 2 unspecified atom stereocenters. The molecule has 1 aliphatic carbocycles. The van der Waals surface area contributed by atoms with Crippen molar-refractivity contribution in [3.8, 4) is 0 Å². The molecule has 2 fully saturated rings. The number of nitrogens with two attached hydrogens (primary N) is 1. The largest absolute Gasteiger partial charge is 0.481 e. The number of aliphatic carboxylic acids is 1. The molecule has 114 valence electrons. The number of rotatable bonds is 4. The second-order valence-corrected chi connectivity index (χ2v) is 6.50. The molecule has 20 heavy (non-hydrogen) atoms. The van der Waals surface area contributed by atoms with E-state index >= 15 is 0 Å². The maximum absolute atomic E-state index is 12.5. The second kappa shape index (κ2) is 6.12. The summed E-state index contributed by atoms with van der Waals surface area (Å²) in [6.07, 6.45) is 6.64. The summed E-state index contributed by atoms with van der Waals surface area (Å²) in [5.41, 5.74) is 5.89. The average Bonchev–Trinajstić information content (AvgIpc) is 2.82. The molecule has 0 radical (unpaired) electrons. The first-order valence-electron chi connectivity index (χ1n) is 7.71. The van der Waals surface area contributed by atoms with Crippen LogP contribution < -0.4 is 5.73 Å². The number of carbonyl (C=O) groups is 2. The molecule has 5 heteroatoms. The standard InChI is InChI=1S/C15H26N2O3/c1-11-12(14(19)20)5-8-17(11)13(18)9-15(10-16)6-3-2-4-7-15/h11-12H,2-10,16H2,1H3,(H,19,20). The van der Waals surface area contributed by atoms with Gasteiger partial charge in [0.15, 0.2) is 0 Å². The number of carboxylic acid groups (broad SMARTS) is 1. The Labute approximate surface area is 120 Å². The quantitative estimate of drug-likeness (QED) is 0.820. The average molecular weight is 282 g/mol. The van der Waals surface area contributed by atoms with E-state index in [-0.39, 0.29) is 17.4 Å². The van der Waals surface area contributed by atoms with E-state index in [1.807, 2.05) is 6.92 Å². The minimum Gasteiger partial charge on any atom is -0.481 e. The summed E-state index contributed by atoms with van der Waals surface area (Å²) in [6, 6.07) is -0.196. The van der Waals surface area contributed by atoms with Crippen LogP contribution in [0, 0.1) is 11.3 Å². The van der Waals surface area contributed by atoms with Crippen molar-refractivity contribution >= 4 is 11.9 Å². The Morgan fingerprint density at radius 1 is 1.30 bits per heavy atom. The number of likely N-dealkylation sites (tertiary alicyclic amines) is 1. The van der Waals surface area contributed by atoms with Crippen LogP contribution in [0.4, 0.5) is 0 Å². The van der Waals surface area contributed by atoms with Crippen LogP contribution >= 0.6 is 0 Å². The lowest BCUT2D eigenvalue weighted by Gasteiger charge is -2.37. The third kappa shape index (κ3) is 2.97. The second-order valence-electron chi connectivity index (χ2n) is 6.50. The lowest BCUT2D eigenvalue weighted by atomic mass is 9.71. The zero-order chi connectivity index (χ0) is 14.8. The van der Waals surface area contributed by atoms with Crippen molar-refractivity contribution in [1.82, 2.24) is 4.90 Å². The minimum absolute atomic E-state index is 0.0453. The molecule has 0 bridgehead atoms. The molecule has 0 aromatic carbocycles. The van der Waals surface area contributed by atoms with Crippen molar-refractivity contribution in [1.29, 1.82) is 0 Å². The van der Waals surface area contributed by atoms with E-state index in [1.54, 1.807) is 4.90 Å². The van der Waals surface area contributed by atoms with Gasteiger partial charge in [-0.05, 0) is 38.1 Å². The molecular weight excluding hydrogens is 256 g/mol. The Balaban J connectivity index is 1.99. The highest BCUT2D eigenvalue weighted by molar-refractivity contribution is 5.80. The summed E-state index contributed by atoms with van der Waals surface area (Å²) in [6.45, 7) is 2.97. The van der Waals surface area contributed by atoms with E-state index in [0.29, 0.717) is 25.9 Å². The maximum Gasteiger partial charge on any atom is 0.308 e. The highest BCUT2D eigenvalue weighted by Gasteiger charge is 2.41. The van der Waals surface area contributed by atoms with Gasteiger partial charge in [-0.15, -0.1) is 0 Å². The van der Waals surface area contributed by atoms with Crippen LogP contribution in [0.1, 0.15) is 51.9 Å². The predicted octanol–water partition coefficient (Wildman–Crippen LogP) is 1.61. The third-order valence-corrected chi connectivity index (χ3v) is 5.27. The van der Waals surface area contributed by atoms with Crippen LogP contribution in [0.5, 0.6) is 0 Å². The third-order valence-electron chi connectivity index (χ3n) is 5.27. The molecule has 1 amide bonds. The van der Waals surface area contributed by atoms with Crippen molar-refractivity contribution in [2.75, 3.05) is 13.1 Å². The molecule has 0 aromatic rings. The summed E-state index contributed by atoms with van der Waals surface area (Å²) >= 11 is 0. The Kier molecular flexibility index (Phi) is 4.68. The highest BCUT2D eigenvalue weighted by atomic mass is 16.4. The molecular formula is C15H26N2O3. The monoisotopic (exact) mass is 282 g/mol. The van der Waals surface area contributed by atoms with Gasteiger partial charge in [-0.2, -0.15) is 0 Å². The SMILES string of the molecule is CC1C(C(=O)O)CCN1C(=O)CC1(CN)CCCCC1. The number of hydrogen-bond donors (Lipinski definition) is 2. The fourth-order valence-corrected chi connectivity index (χ4v) is 3.80. The van der Waals surface area contributed by atoms with Gasteiger partial charge in [-0.3, -0.25) is 9.59 Å². The van der Waals surface area contributed by atoms with Crippen molar-refractivity contribution in [3.63, 3.8) is 0 Å². The van der Waals surface area contributed by atoms with Gasteiger partial charge >= 0.3 is 5.97 Å². The van der Waals surface area contributed by atoms with Crippen LogP contribution in [-0.4, -0.2) is 41.0 Å². The van der Waals surface area contributed by atoms with Crippen LogP contribution in [0.25, 0.3) is 0 Å². The molecule has 3 N–H and O–H groups in total. The molecule has 1 heterocycles. The Morgan fingerprint density at radius 2 is 1.95 bits per heavy atom. The maximum atomic E-state index is 12.5. The van der Waals surface area contributed by atoms with Gasteiger partial charge in [-0.25, -0.2) is 0 Å². The van der Waals surface area contributed by atoms with E-state index in [4.69, 9.17) is 10.8 Å². The predicted molar refractivity (Wildman–Crippen MR) is 76.1 cm³/mol. The number of nitrogens with zero attached hydrogens (tertiary/aromatic N) is 1. The van der Waals surface area contributed by atoms with Gasteiger partial charge in [0.2, 0.25) is 5.91 Å². The first-order valence-corrected chi connectivity index (χ1v) is 7.71. The smallest absolute Gasteiger partial charge is 0.308 e. The Morgan fingerprint density at radius 3 is 2.45 bits per heavy atom. The summed E-state index contributed by atoms with van der Waals surface area (Å²) in [7, 11) is 0. The van der Waals surface area contributed by atoms with Crippen molar-refractivity contribution < 1.29 is 14.7 Å². The van der Waals surface area contributed by atoms with Crippen molar-refractivity contribution in [2.45, 2.75) is 57.9 Å². The summed E-state index contributed by atoms with van der Waals surface area (Å²) in [4.78, 5) is 25.4. The minimum atomic E-state index is -0.793. The Hall–Kier alpha value is -1.10. The molecule has 2 rings (SSSR count). The molecule has 0 aromatic heterocycles. The molecule has 2 atom stereocenters. The number of carbonyl (C=O) groups excluding carboxylic acids is 1. The normalized spacial score (nSPS) is 29.4. The van der Waals surface area contributed by atoms with E-state index < -0.39 is 11.9 Å². The van der Waals surface area contributed by atoms with E-state index in [0.717, 1.165) is 25.7 Å². The van der Waals surface area contributed by atoms with Gasteiger partial charge in [0, 0.05) is 19.0 Å². The van der Waals surface area contributed by atoms with Gasteiger partial charge in [0.1, 0.15) is 0 Å². The van der Waals surface area contributed by atoms with Gasteiger partial charge in [0.05, 0.1) is 5.92 Å². The first-order chi connectivity index (χ1) is 9.49. The fourth-order valence-electron chi connectivity index (χ4n) is 3.80. The molecule has 1 saturated carbocycles. The van der Waals surface area contributed by atoms with Crippen LogP contribution in [-0.2, 0) is 9.59 Å². The number of hydrogen-bond acceptors (Lipinski definition) is 3. The summed E-state index contributed by atoms with van der Waals surface area (Å²) in [5, 5.41) is 9.14. The zero-order valence-corrected chi connectivity index (χ0v) is 12.3. The van der Waals surface area contributed by atoms with Crippen LogP contribution in [0.2, 0.25) is 0 Å². The van der Waals surface area contributed by atoms with Gasteiger partial charge in [-0.1, -0.05) is 19.3 Å². The molecule has 1 aliphatic heterocycles. The summed E-state index contributed by atoms with van der Waals surface area (Å²) < 4.78 is 0. The van der Waals surface area contributed by atoms with Gasteiger partial charge in [0.25, 0.3) is 0 Å². The highest BCUT2D eigenvalue weighted by Crippen LogP contribution is 2.39. The topological polar surface area (TPSA) is 83.6 Å². The molecule has 2 aliphatic rings. The molecule has 5 nitrogen and oxygen atoms in total. The van der Waals surface area contributed by atoms with Crippen molar-refractivity contribution in [2.24, 2.45) is 17.1 Å². The fraction of sp³-hybridized carbons (Fsp3) is 0.867. The number of carboxylic acids is 1. The first kappa shape index (κ1) is 15.3. The van der Waals surface area contributed by atoms with Gasteiger partial charge < -0.3 is 15.7 Å². The number of amides is 1. The van der Waals surface area contributed by atoms with Crippen molar-refractivity contribution in [3.05, 3.63) is 0 Å². The van der Waals surface area contributed by atoms with E-state index in [2.05, 4.69) is 0 Å². The van der Waals surface area contributed by atoms with E-state index in [9.17, 15) is 9.59 Å². The Bertz CT molecular complexity index is 377.